The van der Waals surface area contributed by atoms with Gasteiger partial charge in [-0.3, -0.25) is 9.65 Å². The van der Waals surface area contributed by atoms with Crippen LogP contribution < -0.4 is 4.90 Å². The summed E-state index contributed by atoms with van der Waals surface area (Å²) in [5.74, 6) is 0. The highest BCUT2D eigenvalue weighted by atomic mass is 35.5. The van der Waals surface area contributed by atoms with E-state index < -0.39 is 0 Å². The predicted molar refractivity (Wildman–Crippen MR) is 93.5 cm³/mol. The molecule has 0 radical (unpaired) electrons. The second-order valence-corrected chi connectivity index (χ2v) is 6.99. The van der Waals surface area contributed by atoms with Crippen LogP contribution in [0.3, 0.4) is 0 Å². The van der Waals surface area contributed by atoms with E-state index in [4.69, 9.17) is 16.3 Å². The second-order valence-electron chi connectivity index (χ2n) is 5.92. The Morgan fingerprint density at radius 3 is 3.05 bits per heavy atom. The van der Waals surface area contributed by atoms with Crippen LogP contribution in [0.15, 0.2) is 30.5 Å². The fourth-order valence-corrected chi connectivity index (χ4v) is 4.27. The van der Waals surface area contributed by atoms with Gasteiger partial charge in [-0.15, -0.1) is 0 Å². The molecule has 22 heavy (non-hydrogen) atoms. The van der Waals surface area contributed by atoms with E-state index in [1.165, 1.54) is 0 Å². The minimum absolute atomic E-state index is 0.239. The fraction of sp³-hybridized carbons (Fsp3) is 0.438. The summed E-state index contributed by atoms with van der Waals surface area (Å²) in [5, 5.41) is 1.84. The van der Waals surface area contributed by atoms with E-state index in [1.807, 2.05) is 18.2 Å². The number of hydrogen-bond donors (Lipinski definition) is 0. The summed E-state index contributed by atoms with van der Waals surface area (Å²) in [5.41, 5.74) is 2.08. The largest absolute Gasteiger partial charge is 0.373 e. The number of nitrogens with zero attached hydrogens (tertiary/aromatic N) is 3. The zero-order chi connectivity index (χ0) is 15.1. The zero-order valence-corrected chi connectivity index (χ0v) is 14.2. The van der Waals surface area contributed by atoms with Crippen molar-refractivity contribution in [2.45, 2.75) is 18.6 Å². The van der Waals surface area contributed by atoms with Crippen molar-refractivity contribution in [3.05, 3.63) is 35.5 Å². The Labute approximate surface area is 137 Å². The molecule has 2 aromatic rings. The number of para-hydroxylation sites is 1. The van der Waals surface area contributed by atoms with Crippen molar-refractivity contribution in [2.24, 2.45) is 0 Å². The number of halogens is 1. The fourth-order valence-electron chi connectivity index (χ4n) is 3.55. The third kappa shape index (κ3) is 2.48. The molecule has 0 aliphatic carbocycles. The van der Waals surface area contributed by atoms with Gasteiger partial charge in [-0.1, -0.05) is 39.2 Å². The Balaban J connectivity index is 1.69. The lowest BCUT2D eigenvalue weighted by molar-refractivity contribution is -0.0423. The third-order valence-corrected chi connectivity index (χ3v) is 5.57. The lowest BCUT2D eigenvalue weighted by atomic mass is 9.99. The van der Waals surface area contributed by atoms with Crippen LogP contribution in [-0.4, -0.2) is 48.0 Å². The van der Waals surface area contributed by atoms with Gasteiger partial charge in [0.25, 0.3) is 0 Å². The van der Waals surface area contributed by atoms with Gasteiger partial charge in [0.1, 0.15) is 0 Å². The molecule has 3 heterocycles. The molecule has 0 bridgehead atoms. The molecule has 116 valence electrons. The third-order valence-electron chi connectivity index (χ3n) is 4.65. The van der Waals surface area contributed by atoms with Crippen LogP contribution in [0.25, 0.3) is 10.9 Å². The number of benzene rings is 1. The summed E-state index contributed by atoms with van der Waals surface area (Å²) in [6, 6.07) is 8.67. The summed E-state index contributed by atoms with van der Waals surface area (Å²) < 4.78 is 8.35. The normalized spacial score (nSPS) is 26.2. The predicted octanol–water partition coefficient (Wildman–Crippen LogP) is 2.96. The lowest BCUT2D eigenvalue weighted by Gasteiger charge is -2.46. The standard InChI is InChI=1S/C16H19ClN3OP/c17-12-9-18-13-4-2-1-3-11(13)16(12)19-6-5-14-15(10-19)21-8-7-20(14)22/h1-4,9,14-15H,5-8,10,22H2/t14-,15-/m0/s1. The van der Waals surface area contributed by atoms with Crippen LogP contribution in [0.4, 0.5) is 5.69 Å². The minimum atomic E-state index is 0.239. The minimum Gasteiger partial charge on any atom is -0.373 e. The van der Waals surface area contributed by atoms with Crippen molar-refractivity contribution in [1.29, 1.82) is 0 Å². The molecule has 0 saturated carbocycles. The molecule has 3 atom stereocenters. The number of aromatic nitrogens is 1. The molecule has 1 aromatic carbocycles. The number of anilines is 1. The number of hydrogen-bond acceptors (Lipinski definition) is 4. The zero-order valence-electron chi connectivity index (χ0n) is 12.3. The highest BCUT2D eigenvalue weighted by molar-refractivity contribution is 7.13. The molecule has 0 N–H and O–H groups in total. The van der Waals surface area contributed by atoms with Gasteiger partial charge in [0, 0.05) is 37.3 Å². The molecule has 2 aliphatic rings. The monoisotopic (exact) mass is 335 g/mol. The lowest BCUT2D eigenvalue weighted by Crippen LogP contribution is -2.56. The van der Waals surface area contributed by atoms with Crippen molar-refractivity contribution in [3.63, 3.8) is 0 Å². The van der Waals surface area contributed by atoms with Crippen LogP contribution in [0.1, 0.15) is 6.42 Å². The topological polar surface area (TPSA) is 28.6 Å². The molecular formula is C16H19ClN3OP. The van der Waals surface area contributed by atoms with E-state index in [0.717, 1.165) is 54.3 Å². The Bertz CT molecular complexity index is 698. The second kappa shape index (κ2) is 5.93. The van der Waals surface area contributed by atoms with E-state index in [1.54, 1.807) is 6.20 Å². The number of pyridine rings is 1. The molecule has 1 unspecified atom stereocenters. The molecule has 0 amide bonds. The first-order valence-electron chi connectivity index (χ1n) is 7.65. The van der Waals surface area contributed by atoms with Gasteiger partial charge in [-0.05, 0) is 12.5 Å². The highest BCUT2D eigenvalue weighted by Crippen LogP contribution is 2.36. The molecule has 2 saturated heterocycles. The van der Waals surface area contributed by atoms with Crippen LogP contribution in [0, 0.1) is 0 Å². The SMILES string of the molecule is PN1CCO[C@H]2CN(c3c(Cl)cnc4ccccc34)CC[C@@H]21. The number of fused-ring (bicyclic) bond motifs is 2. The van der Waals surface area contributed by atoms with Crippen LogP contribution in [0.5, 0.6) is 0 Å². The summed E-state index contributed by atoms with van der Waals surface area (Å²) in [4.78, 5) is 6.79. The van der Waals surface area contributed by atoms with Gasteiger partial charge in [-0.25, -0.2) is 0 Å². The summed E-state index contributed by atoms with van der Waals surface area (Å²) in [6.45, 7) is 3.65. The number of rotatable bonds is 1. The number of piperidine rings is 1. The van der Waals surface area contributed by atoms with E-state index >= 15 is 0 Å². The molecule has 4 rings (SSSR count). The molecule has 4 nitrogen and oxygen atoms in total. The first-order valence-corrected chi connectivity index (χ1v) is 8.54. The van der Waals surface area contributed by atoms with Crippen molar-refractivity contribution in [1.82, 2.24) is 9.65 Å². The smallest absolute Gasteiger partial charge is 0.0909 e. The van der Waals surface area contributed by atoms with Gasteiger partial charge in [0.05, 0.1) is 28.9 Å². The maximum absolute atomic E-state index is 6.48. The van der Waals surface area contributed by atoms with Gasteiger partial charge >= 0.3 is 0 Å². The van der Waals surface area contributed by atoms with Crippen molar-refractivity contribution in [2.75, 3.05) is 31.1 Å². The summed E-state index contributed by atoms with van der Waals surface area (Å²) >= 11 is 6.48. The maximum Gasteiger partial charge on any atom is 0.0909 e. The number of morpholine rings is 1. The first kappa shape index (κ1) is 14.6. The molecule has 2 aliphatic heterocycles. The van der Waals surface area contributed by atoms with Crippen molar-refractivity contribution >= 4 is 37.6 Å². The van der Waals surface area contributed by atoms with E-state index in [0.29, 0.717) is 6.04 Å². The molecule has 0 spiro atoms. The van der Waals surface area contributed by atoms with Crippen molar-refractivity contribution in [3.8, 4) is 0 Å². The van der Waals surface area contributed by atoms with E-state index in [9.17, 15) is 0 Å². The molecular weight excluding hydrogens is 317 g/mol. The van der Waals surface area contributed by atoms with Crippen LogP contribution >= 0.6 is 21.0 Å². The Morgan fingerprint density at radius 2 is 2.14 bits per heavy atom. The maximum atomic E-state index is 6.48. The molecule has 6 heteroatoms. The quantitative estimate of drug-likeness (QED) is 0.749. The van der Waals surface area contributed by atoms with E-state index in [-0.39, 0.29) is 6.10 Å². The Kier molecular flexibility index (Phi) is 3.95. The van der Waals surface area contributed by atoms with Crippen molar-refractivity contribution < 1.29 is 4.74 Å². The molecule has 2 fully saturated rings. The van der Waals surface area contributed by atoms with Gasteiger partial charge in [-0.2, -0.15) is 0 Å². The Hall–Kier alpha value is -0.930. The van der Waals surface area contributed by atoms with Gasteiger partial charge in [0.15, 0.2) is 0 Å². The number of ether oxygens (including phenoxy) is 1. The average molecular weight is 336 g/mol. The van der Waals surface area contributed by atoms with E-state index in [2.05, 4.69) is 30.0 Å². The summed E-state index contributed by atoms with van der Waals surface area (Å²) in [6.07, 6.45) is 3.08. The van der Waals surface area contributed by atoms with Gasteiger partial charge < -0.3 is 9.64 Å². The van der Waals surface area contributed by atoms with Crippen LogP contribution in [-0.2, 0) is 4.74 Å². The average Bonchev–Trinajstić information content (AvgIpc) is 2.55. The Morgan fingerprint density at radius 1 is 1.27 bits per heavy atom. The summed E-state index contributed by atoms with van der Waals surface area (Å²) in [7, 11) is 2.85. The highest BCUT2D eigenvalue weighted by Gasteiger charge is 2.36. The van der Waals surface area contributed by atoms with Gasteiger partial charge in [0.2, 0.25) is 0 Å². The first-order chi connectivity index (χ1) is 10.7. The van der Waals surface area contributed by atoms with Crippen LogP contribution in [0.2, 0.25) is 5.02 Å². The molecule has 1 aromatic heterocycles.